The second-order valence-electron chi connectivity index (χ2n) is 6.63. The molecule has 0 N–H and O–H groups in total. The van der Waals surface area contributed by atoms with Crippen molar-refractivity contribution in [3.8, 4) is 0 Å². The quantitative estimate of drug-likeness (QED) is 0.568. The van der Waals surface area contributed by atoms with Gasteiger partial charge in [-0.05, 0) is 41.5 Å². The van der Waals surface area contributed by atoms with Gasteiger partial charge in [-0.15, -0.1) is 0 Å². The predicted octanol–water partition coefficient (Wildman–Crippen LogP) is 1.64. The average Bonchev–Trinajstić information content (AvgIpc) is 2.25. The molecule has 1 aliphatic heterocycles. The van der Waals surface area contributed by atoms with Crippen molar-refractivity contribution < 1.29 is 19.1 Å². The number of hydrogen-bond acceptors (Lipinski definition) is 5. The van der Waals surface area contributed by atoms with Gasteiger partial charge >= 0.3 is 5.97 Å². The summed E-state index contributed by atoms with van der Waals surface area (Å²) in [6.07, 6.45) is 0.0808. The molecule has 5 heteroatoms. The number of ether oxygens (including phenoxy) is 2. The molecule has 0 aromatic rings. The Balaban J connectivity index is 2.68. The Morgan fingerprint density at radius 2 is 2.00 bits per heavy atom. The largest absolute Gasteiger partial charge is 0.465 e. The molecule has 0 aromatic carbocycles. The van der Waals surface area contributed by atoms with E-state index in [1.165, 1.54) is 0 Å². The van der Waals surface area contributed by atoms with Crippen LogP contribution in [0, 0.1) is 5.41 Å². The first-order valence-corrected chi connectivity index (χ1v) is 7.19. The van der Waals surface area contributed by atoms with E-state index in [0.29, 0.717) is 13.1 Å². The first-order valence-electron chi connectivity index (χ1n) is 7.19. The molecule has 0 radical (unpaired) electrons. The molecule has 0 bridgehead atoms. The molecule has 1 unspecified atom stereocenters. The zero-order valence-electron chi connectivity index (χ0n) is 13.5. The Morgan fingerprint density at radius 3 is 2.50 bits per heavy atom. The van der Waals surface area contributed by atoms with Crippen LogP contribution in [0.1, 0.15) is 41.5 Å². The fourth-order valence-corrected chi connectivity index (χ4v) is 2.53. The fourth-order valence-electron chi connectivity index (χ4n) is 2.53. The van der Waals surface area contributed by atoms with Crippen LogP contribution in [0.5, 0.6) is 0 Å². The Hall–Kier alpha value is -0.940. The summed E-state index contributed by atoms with van der Waals surface area (Å²) in [5, 5.41) is 0. The molecule has 0 spiro atoms. The topological polar surface area (TPSA) is 55.8 Å². The van der Waals surface area contributed by atoms with E-state index in [1.54, 1.807) is 20.8 Å². The van der Waals surface area contributed by atoms with Crippen LogP contribution in [0.3, 0.4) is 0 Å². The lowest BCUT2D eigenvalue weighted by Gasteiger charge is -2.42. The van der Waals surface area contributed by atoms with Crippen LogP contribution in [0.15, 0.2) is 0 Å². The van der Waals surface area contributed by atoms with E-state index in [0.717, 1.165) is 0 Å². The zero-order chi connectivity index (χ0) is 15.6. The van der Waals surface area contributed by atoms with Gasteiger partial charge in [0.15, 0.2) is 5.78 Å². The second-order valence-corrected chi connectivity index (χ2v) is 6.63. The maximum atomic E-state index is 12.4. The lowest BCUT2D eigenvalue weighted by atomic mass is 9.87. The van der Waals surface area contributed by atoms with Gasteiger partial charge in [-0.25, -0.2) is 0 Å². The predicted molar refractivity (Wildman–Crippen MR) is 76.5 cm³/mol. The Labute approximate surface area is 121 Å². The summed E-state index contributed by atoms with van der Waals surface area (Å²) in [6.45, 7) is 12.9. The van der Waals surface area contributed by atoms with Crippen LogP contribution in [0.25, 0.3) is 0 Å². The summed E-state index contributed by atoms with van der Waals surface area (Å²) in [5.41, 5.74) is -1.37. The number of Topliss-reactive ketones (excluding diaryl/α,β-unsaturated/α-hetero) is 1. The van der Waals surface area contributed by atoms with Crippen LogP contribution < -0.4 is 0 Å². The molecular formula is C15H27NO4. The van der Waals surface area contributed by atoms with Crippen LogP contribution in [0.4, 0.5) is 0 Å². The third-order valence-electron chi connectivity index (χ3n) is 3.49. The number of hydrogen-bond donors (Lipinski definition) is 0. The highest BCUT2D eigenvalue weighted by Crippen LogP contribution is 2.24. The van der Waals surface area contributed by atoms with Crippen molar-refractivity contribution >= 4 is 11.8 Å². The monoisotopic (exact) mass is 285 g/mol. The first-order chi connectivity index (χ1) is 9.08. The third-order valence-corrected chi connectivity index (χ3v) is 3.49. The molecule has 20 heavy (non-hydrogen) atoms. The van der Waals surface area contributed by atoms with Gasteiger partial charge in [-0.3, -0.25) is 14.5 Å². The number of nitrogens with zero attached hydrogens (tertiary/aromatic N) is 1. The highest BCUT2D eigenvalue weighted by atomic mass is 16.5. The molecule has 0 saturated carbocycles. The summed E-state index contributed by atoms with van der Waals surface area (Å²) in [7, 11) is 0. The van der Waals surface area contributed by atoms with E-state index >= 15 is 0 Å². The minimum Gasteiger partial charge on any atom is -0.465 e. The first kappa shape index (κ1) is 17.1. The van der Waals surface area contributed by atoms with Crippen molar-refractivity contribution in [2.45, 2.75) is 53.2 Å². The van der Waals surface area contributed by atoms with E-state index in [2.05, 4.69) is 4.90 Å². The number of carbonyl (C=O) groups is 2. The molecule has 0 aromatic heterocycles. The molecule has 1 heterocycles. The summed E-state index contributed by atoms with van der Waals surface area (Å²) in [4.78, 5) is 26.3. The minimum absolute atomic E-state index is 0.0808. The number of morpholine rings is 1. The van der Waals surface area contributed by atoms with E-state index in [-0.39, 0.29) is 30.6 Å². The van der Waals surface area contributed by atoms with Crippen molar-refractivity contribution in [2.24, 2.45) is 5.41 Å². The zero-order valence-corrected chi connectivity index (χ0v) is 13.5. The summed E-state index contributed by atoms with van der Waals surface area (Å²) >= 11 is 0. The number of carbonyl (C=O) groups excluding carboxylic acids is 2. The Morgan fingerprint density at radius 1 is 1.40 bits per heavy atom. The van der Waals surface area contributed by atoms with Crippen molar-refractivity contribution in [3.05, 3.63) is 0 Å². The number of ketones is 1. The van der Waals surface area contributed by atoms with Gasteiger partial charge in [0.25, 0.3) is 0 Å². The third kappa shape index (κ3) is 4.28. The molecule has 1 saturated heterocycles. The van der Waals surface area contributed by atoms with E-state index in [4.69, 9.17) is 9.47 Å². The van der Waals surface area contributed by atoms with Crippen molar-refractivity contribution in [1.29, 1.82) is 0 Å². The van der Waals surface area contributed by atoms with Gasteiger partial charge in [-0.1, -0.05) is 0 Å². The average molecular weight is 285 g/mol. The lowest BCUT2D eigenvalue weighted by Crippen LogP contribution is -2.54. The molecule has 1 fully saturated rings. The maximum Gasteiger partial charge on any atom is 0.319 e. The highest BCUT2D eigenvalue weighted by Gasteiger charge is 2.40. The number of esters is 1. The van der Waals surface area contributed by atoms with Gasteiger partial charge in [0.1, 0.15) is 5.41 Å². The smallest absolute Gasteiger partial charge is 0.319 e. The van der Waals surface area contributed by atoms with Crippen molar-refractivity contribution in [3.63, 3.8) is 0 Å². The van der Waals surface area contributed by atoms with Crippen LogP contribution in [0.2, 0.25) is 0 Å². The molecule has 1 rings (SSSR count). The molecule has 1 atom stereocenters. The summed E-state index contributed by atoms with van der Waals surface area (Å²) in [6, 6.07) is 0. The Kier molecular flexibility index (Phi) is 5.33. The summed E-state index contributed by atoms with van der Waals surface area (Å²) < 4.78 is 10.8. The van der Waals surface area contributed by atoms with Crippen LogP contribution in [-0.4, -0.2) is 54.6 Å². The molecular weight excluding hydrogens is 258 g/mol. The van der Waals surface area contributed by atoms with Gasteiger partial charge in [-0.2, -0.15) is 0 Å². The summed E-state index contributed by atoms with van der Waals surface area (Å²) in [5.74, 6) is -0.564. The van der Waals surface area contributed by atoms with E-state index < -0.39 is 11.4 Å². The molecule has 0 aliphatic carbocycles. The van der Waals surface area contributed by atoms with Gasteiger partial charge in [0.2, 0.25) is 0 Å². The molecule has 5 nitrogen and oxygen atoms in total. The Bertz CT molecular complexity index is 376. The standard InChI is InChI=1S/C15H27NO4/c1-7-19-13(18)15(5,6)12(17)9-16-8-11(2)20-14(3,4)10-16/h11H,7-10H2,1-6H3. The van der Waals surface area contributed by atoms with Gasteiger partial charge in [0.05, 0.1) is 24.9 Å². The molecule has 0 amide bonds. The van der Waals surface area contributed by atoms with Crippen LogP contribution in [-0.2, 0) is 19.1 Å². The van der Waals surface area contributed by atoms with Crippen molar-refractivity contribution in [1.82, 2.24) is 4.90 Å². The maximum absolute atomic E-state index is 12.4. The number of rotatable bonds is 5. The lowest BCUT2D eigenvalue weighted by molar-refractivity contribution is -0.160. The molecule has 116 valence electrons. The van der Waals surface area contributed by atoms with Gasteiger partial charge in [0, 0.05) is 13.1 Å². The molecule has 1 aliphatic rings. The van der Waals surface area contributed by atoms with E-state index in [9.17, 15) is 9.59 Å². The fraction of sp³-hybridized carbons (Fsp3) is 0.867. The van der Waals surface area contributed by atoms with E-state index in [1.807, 2.05) is 20.8 Å². The van der Waals surface area contributed by atoms with Gasteiger partial charge < -0.3 is 9.47 Å². The second kappa shape index (κ2) is 6.22. The normalized spacial score (nSPS) is 23.4. The minimum atomic E-state index is -1.10. The SMILES string of the molecule is CCOC(=O)C(C)(C)C(=O)CN1CC(C)OC(C)(C)C1. The van der Waals surface area contributed by atoms with Crippen molar-refractivity contribution in [2.75, 3.05) is 26.2 Å². The highest BCUT2D eigenvalue weighted by molar-refractivity contribution is 6.03. The van der Waals surface area contributed by atoms with Crippen LogP contribution >= 0.6 is 0 Å².